The number of fused-ring (bicyclic) bond motifs is 1. The molecule has 0 aromatic heterocycles. The predicted octanol–water partition coefficient (Wildman–Crippen LogP) is 3.01. The molecule has 2 heterocycles. The molecule has 2 aliphatic rings. The zero-order valence-electron chi connectivity index (χ0n) is 18.5. The van der Waals surface area contributed by atoms with Crippen molar-refractivity contribution in [2.75, 3.05) is 20.2 Å². The number of carbonyl (C=O) groups is 3. The standard InChI is InChI=1S/C23H32N2O5/c1-15(23(2,3)4)20(26)25-14-18(12-19(25)21(27)29-5)30-22(28)24-11-10-16-8-6-7-9-17(16)13-24/h6-9,15,18-19H,10-14H2,1-5H3/t15-,18?,19+/m1/s1. The molecule has 7 heteroatoms. The largest absolute Gasteiger partial charge is 0.467 e. The average Bonchev–Trinajstić information content (AvgIpc) is 3.14. The van der Waals surface area contributed by atoms with Gasteiger partial charge in [-0.3, -0.25) is 4.79 Å². The first-order valence-electron chi connectivity index (χ1n) is 10.5. The average molecular weight is 417 g/mol. The molecule has 1 aromatic rings. The number of nitrogens with zero attached hydrogens (tertiary/aromatic N) is 2. The van der Waals surface area contributed by atoms with Gasteiger partial charge < -0.3 is 19.3 Å². The monoisotopic (exact) mass is 416 g/mol. The molecule has 164 valence electrons. The fraction of sp³-hybridized carbons (Fsp3) is 0.609. The van der Waals surface area contributed by atoms with Crippen molar-refractivity contribution < 1.29 is 23.9 Å². The minimum Gasteiger partial charge on any atom is -0.467 e. The molecule has 0 spiro atoms. The number of carbonyl (C=O) groups excluding carboxylic acids is 3. The van der Waals surface area contributed by atoms with Gasteiger partial charge in [0, 0.05) is 25.4 Å². The van der Waals surface area contributed by atoms with Gasteiger partial charge in [-0.2, -0.15) is 0 Å². The van der Waals surface area contributed by atoms with E-state index in [1.807, 2.05) is 45.9 Å². The van der Waals surface area contributed by atoms with Gasteiger partial charge in [-0.1, -0.05) is 52.0 Å². The molecule has 0 saturated carbocycles. The van der Waals surface area contributed by atoms with Gasteiger partial charge in [0.15, 0.2) is 0 Å². The van der Waals surface area contributed by atoms with Crippen molar-refractivity contribution in [1.82, 2.24) is 9.80 Å². The lowest BCUT2D eigenvalue weighted by Gasteiger charge is -2.32. The number of methoxy groups -OCH3 is 1. The van der Waals surface area contributed by atoms with Gasteiger partial charge in [0.2, 0.25) is 5.91 Å². The van der Waals surface area contributed by atoms with Crippen molar-refractivity contribution in [1.29, 1.82) is 0 Å². The Morgan fingerprint density at radius 3 is 2.43 bits per heavy atom. The van der Waals surface area contributed by atoms with E-state index in [0.29, 0.717) is 13.1 Å². The maximum Gasteiger partial charge on any atom is 0.410 e. The van der Waals surface area contributed by atoms with Crippen LogP contribution in [0, 0.1) is 11.3 Å². The molecule has 0 N–H and O–H groups in total. The maximum atomic E-state index is 13.1. The van der Waals surface area contributed by atoms with Crippen molar-refractivity contribution >= 4 is 18.0 Å². The molecule has 1 unspecified atom stereocenters. The van der Waals surface area contributed by atoms with Crippen molar-refractivity contribution in [2.24, 2.45) is 11.3 Å². The first-order valence-corrected chi connectivity index (χ1v) is 10.5. The van der Waals surface area contributed by atoms with Gasteiger partial charge >= 0.3 is 12.1 Å². The highest BCUT2D eigenvalue weighted by atomic mass is 16.6. The van der Waals surface area contributed by atoms with Crippen LogP contribution in [0.4, 0.5) is 4.79 Å². The molecular weight excluding hydrogens is 384 g/mol. The fourth-order valence-corrected chi connectivity index (χ4v) is 3.97. The molecule has 2 amide bonds. The Kier molecular flexibility index (Phi) is 6.38. The zero-order chi connectivity index (χ0) is 22.1. The molecule has 0 aliphatic carbocycles. The zero-order valence-corrected chi connectivity index (χ0v) is 18.5. The molecule has 1 saturated heterocycles. The summed E-state index contributed by atoms with van der Waals surface area (Å²) in [4.78, 5) is 41.3. The SMILES string of the molecule is COC(=O)[C@@H]1CC(OC(=O)N2CCc3ccccc3C2)CN1C(=O)[C@@H](C)C(C)(C)C. The molecule has 2 aliphatic heterocycles. The maximum absolute atomic E-state index is 13.1. The second-order valence-electron chi connectivity index (χ2n) is 9.30. The molecule has 1 aromatic carbocycles. The van der Waals surface area contributed by atoms with Crippen molar-refractivity contribution in [3.05, 3.63) is 35.4 Å². The van der Waals surface area contributed by atoms with Crippen LogP contribution in [0.15, 0.2) is 24.3 Å². The molecule has 3 atom stereocenters. The van der Waals surface area contributed by atoms with E-state index in [2.05, 4.69) is 6.07 Å². The molecule has 0 bridgehead atoms. The number of benzene rings is 1. The quantitative estimate of drug-likeness (QED) is 0.708. The Balaban J connectivity index is 1.67. The van der Waals surface area contributed by atoms with E-state index in [1.54, 1.807) is 4.90 Å². The summed E-state index contributed by atoms with van der Waals surface area (Å²) >= 11 is 0. The summed E-state index contributed by atoms with van der Waals surface area (Å²) in [6, 6.07) is 7.34. The number of esters is 1. The minimum atomic E-state index is -0.729. The summed E-state index contributed by atoms with van der Waals surface area (Å²) in [5, 5.41) is 0. The van der Waals surface area contributed by atoms with E-state index in [1.165, 1.54) is 17.6 Å². The molecule has 0 radical (unpaired) electrons. The Morgan fingerprint density at radius 2 is 1.80 bits per heavy atom. The van der Waals surface area contributed by atoms with E-state index in [0.717, 1.165) is 12.0 Å². The second-order valence-corrected chi connectivity index (χ2v) is 9.30. The summed E-state index contributed by atoms with van der Waals surface area (Å²) in [7, 11) is 1.31. The highest BCUT2D eigenvalue weighted by Gasteiger charge is 2.45. The van der Waals surface area contributed by atoms with Gasteiger partial charge in [-0.05, 0) is 23.0 Å². The van der Waals surface area contributed by atoms with Crippen molar-refractivity contribution in [3.8, 4) is 0 Å². The highest BCUT2D eigenvalue weighted by Crippen LogP contribution is 2.31. The Bertz CT molecular complexity index is 816. The summed E-state index contributed by atoms with van der Waals surface area (Å²) in [5.41, 5.74) is 2.13. The molecular formula is C23H32N2O5. The van der Waals surface area contributed by atoms with Gasteiger partial charge in [0.05, 0.1) is 13.7 Å². The summed E-state index contributed by atoms with van der Waals surface area (Å²) in [6.45, 7) is 9.13. The van der Waals surface area contributed by atoms with Crippen LogP contribution in [-0.4, -0.2) is 60.1 Å². The summed E-state index contributed by atoms with van der Waals surface area (Å²) < 4.78 is 10.6. The lowest BCUT2D eigenvalue weighted by atomic mass is 9.81. The molecule has 1 fully saturated rings. The normalized spacial score (nSPS) is 22.3. The summed E-state index contributed by atoms with van der Waals surface area (Å²) in [6.07, 6.45) is 0.103. The molecule has 7 nitrogen and oxygen atoms in total. The Morgan fingerprint density at radius 1 is 1.13 bits per heavy atom. The van der Waals surface area contributed by atoms with E-state index < -0.39 is 24.2 Å². The van der Waals surface area contributed by atoms with Crippen LogP contribution in [0.1, 0.15) is 45.2 Å². The predicted molar refractivity (Wildman–Crippen MR) is 112 cm³/mol. The summed E-state index contributed by atoms with van der Waals surface area (Å²) in [5.74, 6) is -0.879. The van der Waals surface area contributed by atoms with Crippen LogP contribution < -0.4 is 0 Å². The van der Waals surface area contributed by atoms with Crippen LogP contribution in [-0.2, 0) is 32.0 Å². The van der Waals surface area contributed by atoms with Crippen LogP contribution >= 0.6 is 0 Å². The smallest absolute Gasteiger partial charge is 0.410 e. The molecule has 30 heavy (non-hydrogen) atoms. The first-order chi connectivity index (χ1) is 14.1. The van der Waals surface area contributed by atoms with Crippen molar-refractivity contribution in [3.63, 3.8) is 0 Å². The van der Waals surface area contributed by atoms with Gasteiger partial charge in [0.1, 0.15) is 12.1 Å². The van der Waals surface area contributed by atoms with Crippen LogP contribution in [0.25, 0.3) is 0 Å². The Labute approximate surface area is 178 Å². The van der Waals surface area contributed by atoms with E-state index >= 15 is 0 Å². The number of hydrogen-bond acceptors (Lipinski definition) is 5. The fourth-order valence-electron chi connectivity index (χ4n) is 3.97. The lowest BCUT2D eigenvalue weighted by Crippen LogP contribution is -2.46. The number of rotatable bonds is 3. The number of ether oxygens (including phenoxy) is 2. The van der Waals surface area contributed by atoms with Crippen LogP contribution in [0.5, 0.6) is 0 Å². The van der Waals surface area contributed by atoms with Crippen molar-refractivity contribution in [2.45, 2.75) is 59.2 Å². The highest BCUT2D eigenvalue weighted by molar-refractivity contribution is 5.87. The Hall–Kier alpha value is -2.57. The second kappa shape index (κ2) is 8.66. The number of hydrogen-bond donors (Lipinski definition) is 0. The third kappa shape index (κ3) is 4.60. The van der Waals surface area contributed by atoms with E-state index in [-0.39, 0.29) is 30.2 Å². The van der Waals surface area contributed by atoms with Crippen LogP contribution in [0.2, 0.25) is 0 Å². The number of likely N-dealkylation sites (tertiary alicyclic amines) is 1. The van der Waals surface area contributed by atoms with Gasteiger partial charge in [0.25, 0.3) is 0 Å². The topological polar surface area (TPSA) is 76.2 Å². The van der Waals surface area contributed by atoms with Gasteiger partial charge in [-0.15, -0.1) is 0 Å². The van der Waals surface area contributed by atoms with E-state index in [9.17, 15) is 14.4 Å². The van der Waals surface area contributed by atoms with Gasteiger partial charge in [-0.25, -0.2) is 9.59 Å². The van der Waals surface area contributed by atoms with E-state index in [4.69, 9.17) is 9.47 Å². The van der Waals surface area contributed by atoms with Crippen LogP contribution in [0.3, 0.4) is 0 Å². The molecule has 3 rings (SSSR count). The third-order valence-electron chi connectivity index (χ3n) is 6.34. The first kappa shape index (κ1) is 22.1. The minimum absolute atomic E-state index is 0.122. The number of amides is 2. The third-order valence-corrected chi connectivity index (χ3v) is 6.34. The lowest BCUT2D eigenvalue weighted by molar-refractivity contribution is -0.153.